The Hall–Kier alpha value is -3.82. The average molecular weight is 497 g/mol. The first kappa shape index (κ1) is 21.7. The van der Waals surface area contributed by atoms with E-state index in [0.29, 0.717) is 17.4 Å². The predicted molar refractivity (Wildman–Crippen MR) is 140 cm³/mol. The molecule has 3 heterocycles. The quantitative estimate of drug-likeness (QED) is 0.286. The summed E-state index contributed by atoms with van der Waals surface area (Å²) in [6.45, 7) is 0. The van der Waals surface area contributed by atoms with Gasteiger partial charge in [-0.25, -0.2) is 15.0 Å². The highest BCUT2D eigenvalue weighted by Gasteiger charge is 2.28. The minimum absolute atomic E-state index is 0.0718. The van der Waals surface area contributed by atoms with Crippen molar-refractivity contribution < 1.29 is 4.79 Å². The number of thiazole rings is 1. The van der Waals surface area contributed by atoms with Gasteiger partial charge in [0.05, 0.1) is 22.0 Å². The summed E-state index contributed by atoms with van der Waals surface area (Å²) in [5.41, 5.74) is 2.93. The number of carbonyl (C=O) groups is 1. The van der Waals surface area contributed by atoms with E-state index in [0.717, 1.165) is 26.5 Å². The number of para-hydroxylation sites is 1. The molecule has 0 unspecified atom stereocenters. The van der Waals surface area contributed by atoms with E-state index in [9.17, 15) is 4.79 Å². The molecule has 5 aromatic rings. The Balaban J connectivity index is 1.27. The number of aromatic nitrogens is 4. The maximum atomic E-state index is 13.1. The smallest absolute Gasteiger partial charge is 0.253 e. The summed E-state index contributed by atoms with van der Waals surface area (Å²) in [7, 11) is 0. The van der Waals surface area contributed by atoms with E-state index >= 15 is 0 Å². The Morgan fingerprint density at radius 1 is 0.943 bits per heavy atom. The number of amides is 1. The molecule has 1 aliphatic rings. The summed E-state index contributed by atoms with van der Waals surface area (Å²) < 4.78 is 2.85. The van der Waals surface area contributed by atoms with Crippen molar-refractivity contribution in [1.82, 2.24) is 24.8 Å². The summed E-state index contributed by atoms with van der Waals surface area (Å²) in [6.07, 6.45) is 2.51. The molecule has 0 saturated heterocycles. The van der Waals surface area contributed by atoms with E-state index in [4.69, 9.17) is 15.1 Å². The zero-order chi connectivity index (χ0) is 23.6. The molecule has 0 saturated carbocycles. The fraction of sp³-hybridized carbons (Fsp3) is 0.115. The molecule has 1 atom stereocenters. The zero-order valence-electron chi connectivity index (χ0n) is 18.6. The molecule has 0 fully saturated rings. The molecule has 2 aromatic heterocycles. The second-order valence-corrected chi connectivity index (χ2v) is 9.90. The largest absolute Gasteiger partial charge is 0.272 e. The third kappa shape index (κ3) is 4.36. The van der Waals surface area contributed by atoms with E-state index in [1.165, 1.54) is 11.8 Å². The van der Waals surface area contributed by atoms with Crippen molar-refractivity contribution in [1.29, 1.82) is 0 Å². The van der Waals surface area contributed by atoms with Gasteiger partial charge in [-0.05, 0) is 17.7 Å². The molecule has 3 aromatic carbocycles. The molecule has 1 amide bonds. The number of hydrogen-bond donors (Lipinski definition) is 0. The van der Waals surface area contributed by atoms with Gasteiger partial charge in [-0.2, -0.15) is 9.78 Å². The van der Waals surface area contributed by atoms with E-state index in [-0.39, 0.29) is 17.7 Å². The van der Waals surface area contributed by atoms with Crippen LogP contribution in [0.2, 0.25) is 0 Å². The Labute approximate surface area is 210 Å². The number of benzene rings is 3. The van der Waals surface area contributed by atoms with Crippen molar-refractivity contribution in [2.75, 3.05) is 5.75 Å². The Morgan fingerprint density at radius 2 is 1.69 bits per heavy atom. The molecule has 172 valence electrons. The second kappa shape index (κ2) is 9.44. The van der Waals surface area contributed by atoms with Crippen LogP contribution in [0.25, 0.3) is 26.7 Å². The van der Waals surface area contributed by atoms with Gasteiger partial charge in [0, 0.05) is 18.2 Å². The van der Waals surface area contributed by atoms with Crippen molar-refractivity contribution in [3.63, 3.8) is 0 Å². The van der Waals surface area contributed by atoms with Gasteiger partial charge in [0.2, 0.25) is 10.3 Å². The molecule has 0 aliphatic carbocycles. The van der Waals surface area contributed by atoms with Crippen LogP contribution in [-0.4, -0.2) is 42.6 Å². The van der Waals surface area contributed by atoms with E-state index in [1.807, 2.05) is 84.9 Å². The molecule has 35 heavy (non-hydrogen) atoms. The SMILES string of the molecule is O=C(CSc1nc(-c2ccccc2)n(-c2nc3ccccc3s2)n1)N1N=CC[C@H]1c1ccccc1. The summed E-state index contributed by atoms with van der Waals surface area (Å²) in [4.78, 5) is 22.6. The zero-order valence-corrected chi connectivity index (χ0v) is 20.2. The third-order valence-electron chi connectivity index (χ3n) is 5.68. The molecule has 9 heteroatoms. The van der Waals surface area contributed by atoms with Crippen LogP contribution in [0.5, 0.6) is 0 Å². The number of hydrazone groups is 1. The molecular formula is C26H20N6OS2. The van der Waals surface area contributed by atoms with Crippen molar-refractivity contribution in [2.24, 2.45) is 5.10 Å². The minimum Gasteiger partial charge on any atom is -0.272 e. The first-order valence-electron chi connectivity index (χ1n) is 11.2. The van der Waals surface area contributed by atoms with Crippen LogP contribution in [0.15, 0.2) is 95.2 Å². The standard InChI is InChI=1S/C26H20N6OS2/c33-23(31-21(15-16-27-31)18-9-3-1-4-10-18)17-34-25-29-24(19-11-5-2-6-12-19)32(30-25)26-28-20-13-7-8-14-22(20)35-26/h1-14,16,21H,15,17H2/t21-/m0/s1. The Kier molecular flexibility index (Phi) is 5.85. The lowest BCUT2D eigenvalue weighted by molar-refractivity contribution is -0.130. The molecule has 1 aliphatic heterocycles. The van der Waals surface area contributed by atoms with Gasteiger partial charge in [-0.15, -0.1) is 5.10 Å². The molecule has 6 rings (SSSR count). The summed E-state index contributed by atoms with van der Waals surface area (Å²) in [6, 6.07) is 27.8. The van der Waals surface area contributed by atoms with Gasteiger partial charge < -0.3 is 0 Å². The van der Waals surface area contributed by atoms with Crippen LogP contribution >= 0.6 is 23.1 Å². The maximum absolute atomic E-state index is 13.1. The lowest BCUT2D eigenvalue weighted by Gasteiger charge is -2.21. The Morgan fingerprint density at radius 3 is 2.49 bits per heavy atom. The van der Waals surface area contributed by atoms with Gasteiger partial charge in [-0.1, -0.05) is 95.9 Å². The molecule has 7 nitrogen and oxygen atoms in total. The van der Waals surface area contributed by atoms with Crippen molar-refractivity contribution >= 4 is 45.4 Å². The third-order valence-corrected chi connectivity index (χ3v) is 7.51. The fourth-order valence-corrected chi connectivity index (χ4v) is 5.61. The number of carbonyl (C=O) groups excluding carboxylic acids is 1. The topological polar surface area (TPSA) is 76.3 Å². The number of hydrogen-bond acceptors (Lipinski definition) is 7. The van der Waals surface area contributed by atoms with Crippen LogP contribution in [0.4, 0.5) is 0 Å². The van der Waals surface area contributed by atoms with Crippen LogP contribution in [0.1, 0.15) is 18.0 Å². The van der Waals surface area contributed by atoms with Crippen LogP contribution in [0, 0.1) is 0 Å². The van der Waals surface area contributed by atoms with Gasteiger partial charge in [0.25, 0.3) is 5.91 Å². The first-order valence-corrected chi connectivity index (χ1v) is 13.0. The normalized spacial score (nSPS) is 15.2. The number of rotatable bonds is 6. The summed E-state index contributed by atoms with van der Waals surface area (Å²) >= 11 is 2.87. The van der Waals surface area contributed by atoms with Gasteiger partial charge in [0.1, 0.15) is 0 Å². The summed E-state index contributed by atoms with van der Waals surface area (Å²) in [5.74, 6) is 0.815. The first-order chi connectivity index (χ1) is 17.3. The van der Waals surface area contributed by atoms with E-state index < -0.39 is 0 Å². The molecular weight excluding hydrogens is 476 g/mol. The highest BCUT2D eigenvalue weighted by molar-refractivity contribution is 7.99. The summed E-state index contributed by atoms with van der Waals surface area (Å²) in [5, 5.41) is 11.9. The fourth-order valence-electron chi connectivity index (χ4n) is 4.01. The van der Waals surface area contributed by atoms with Crippen LogP contribution < -0.4 is 0 Å². The molecule has 0 N–H and O–H groups in total. The Bertz CT molecular complexity index is 1480. The molecule has 0 radical (unpaired) electrons. The van der Waals surface area contributed by atoms with Crippen molar-refractivity contribution in [3.05, 3.63) is 90.5 Å². The predicted octanol–water partition coefficient (Wildman–Crippen LogP) is 5.60. The second-order valence-electron chi connectivity index (χ2n) is 7.95. The highest BCUT2D eigenvalue weighted by atomic mass is 32.2. The lowest BCUT2D eigenvalue weighted by atomic mass is 10.0. The average Bonchev–Trinajstić information content (AvgIpc) is 3.66. The van der Waals surface area contributed by atoms with Gasteiger partial charge in [0.15, 0.2) is 5.82 Å². The minimum atomic E-state index is -0.0739. The van der Waals surface area contributed by atoms with E-state index in [1.54, 1.807) is 27.2 Å². The maximum Gasteiger partial charge on any atom is 0.253 e. The molecule has 0 bridgehead atoms. The van der Waals surface area contributed by atoms with Crippen LogP contribution in [0.3, 0.4) is 0 Å². The van der Waals surface area contributed by atoms with Gasteiger partial charge in [-0.3, -0.25) is 4.79 Å². The highest BCUT2D eigenvalue weighted by Crippen LogP contribution is 2.31. The molecule has 0 spiro atoms. The number of nitrogens with zero attached hydrogens (tertiary/aromatic N) is 6. The van der Waals surface area contributed by atoms with Crippen molar-refractivity contribution in [3.8, 4) is 16.5 Å². The number of thioether (sulfide) groups is 1. The van der Waals surface area contributed by atoms with Gasteiger partial charge >= 0.3 is 0 Å². The van der Waals surface area contributed by atoms with Crippen LogP contribution in [-0.2, 0) is 4.79 Å². The number of fused-ring (bicyclic) bond motifs is 1. The van der Waals surface area contributed by atoms with E-state index in [2.05, 4.69) is 5.10 Å². The lowest BCUT2D eigenvalue weighted by Crippen LogP contribution is -2.28. The van der Waals surface area contributed by atoms with Crippen molar-refractivity contribution in [2.45, 2.75) is 17.6 Å². The monoisotopic (exact) mass is 496 g/mol.